The highest BCUT2D eigenvalue weighted by Gasteiger charge is 2.36. The van der Waals surface area contributed by atoms with Crippen molar-refractivity contribution >= 4 is 34.4 Å². The Morgan fingerprint density at radius 2 is 1.67 bits per heavy atom. The first kappa shape index (κ1) is 33.1. The van der Waals surface area contributed by atoms with E-state index in [1.807, 2.05) is 26.0 Å². The number of nitrogen functional groups attached to an aromatic ring is 1. The standard InChI is InChI=1S/C34H36ClF3N4O4/c1-18(2)22-9-7-8-19(3)29(22)42-28-13-24(23-12-21(39)10-11-25(23)34(36,37)38)26(35)14-27(28)41(30(43)31(42)44)17-20-15-40(16-20)32(45)46-33(4,5)6/h7-14,18,20H,15-17,39H2,1-6H3. The van der Waals surface area contributed by atoms with Gasteiger partial charge in [0.05, 0.1) is 27.3 Å². The molecule has 2 N–H and O–H groups in total. The Morgan fingerprint density at radius 1 is 1.00 bits per heavy atom. The van der Waals surface area contributed by atoms with Gasteiger partial charge in [-0.3, -0.25) is 14.2 Å². The SMILES string of the molecule is Cc1cccc(C(C)C)c1-n1c(=O)c(=O)n(CC2CN(C(=O)OC(C)(C)C)C2)c2cc(Cl)c(-c3cc(N)ccc3C(F)(F)F)cc21. The Labute approximate surface area is 269 Å². The van der Waals surface area contributed by atoms with E-state index in [4.69, 9.17) is 22.1 Å². The normalized spacial score (nSPS) is 14.2. The van der Waals surface area contributed by atoms with E-state index in [1.54, 1.807) is 33.8 Å². The lowest BCUT2D eigenvalue weighted by Crippen LogP contribution is -2.54. The molecule has 0 bridgehead atoms. The molecule has 5 rings (SSSR count). The van der Waals surface area contributed by atoms with Gasteiger partial charge in [0.2, 0.25) is 0 Å². The summed E-state index contributed by atoms with van der Waals surface area (Å²) >= 11 is 6.72. The number of halogens is 4. The Balaban J connectivity index is 1.75. The first-order valence-electron chi connectivity index (χ1n) is 14.9. The quantitative estimate of drug-likeness (QED) is 0.179. The number of nitrogens with two attached hydrogens (primary N) is 1. The lowest BCUT2D eigenvalue weighted by Gasteiger charge is -2.40. The van der Waals surface area contributed by atoms with Crippen molar-refractivity contribution in [2.75, 3.05) is 18.8 Å². The third kappa shape index (κ3) is 6.25. The van der Waals surface area contributed by atoms with Crippen molar-refractivity contribution < 1.29 is 22.7 Å². The van der Waals surface area contributed by atoms with Crippen LogP contribution in [0.2, 0.25) is 5.02 Å². The smallest absolute Gasteiger partial charge is 0.417 e. The molecule has 0 saturated carbocycles. The van der Waals surface area contributed by atoms with Crippen LogP contribution in [0, 0.1) is 12.8 Å². The third-order valence-corrected chi connectivity index (χ3v) is 8.34. The molecule has 1 aliphatic rings. The number of carbonyl (C=O) groups excluding carboxylic acids is 1. The van der Waals surface area contributed by atoms with Crippen molar-refractivity contribution in [3.8, 4) is 16.8 Å². The van der Waals surface area contributed by atoms with Gasteiger partial charge in [-0.05, 0) is 80.6 Å². The van der Waals surface area contributed by atoms with Gasteiger partial charge in [0.25, 0.3) is 0 Å². The van der Waals surface area contributed by atoms with Crippen LogP contribution >= 0.6 is 11.6 Å². The van der Waals surface area contributed by atoms with E-state index < -0.39 is 34.6 Å². The van der Waals surface area contributed by atoms with Crippen molar-refractivity contribution in [3.63, 3.8) is 0 Å². The van der Waals surface area contributed by atoms with E-state index in [2.05, 4.69) is 0 Å². The third-order valence-electron chi connectivity index (χ3n) is 8.03. The van der Waals surface area contributed by atoms with Gasteiger partial charge in [0, 0.05) is 36.8 Å². The number of fused-ring (bicyclic) bond motifs is 1. The molecule has 244 valence electrons. The molecule has 1 fully saturated rings. The Kier molecular flexibility index (Phi) is 8.52. The van der Waals surface area contributed by atoms with Crippen molar-refractivity contribution in [1.29, 1.82) is 0 Å². The fourth-order valence-corrected chi connectivity index (χ4v) is 6.15. The molecule has 0 aliphatic carbocycles. The largest absolute Gasteiger partial charge is 0.444 e. The molecule has 3 aromatic carbocycles. The second kappa shape index (κ2) is 11.8. The molecule has 0 atom stereocenters. The van der Waals surface area contributed by atoms with Crippen LogP contribution in [0.3, 0.4) is 0 Å². The van der Waals surface area contributed by atoms with Crippen molar-refractivity contribution in [1.82, 2.24) is 14.0 Å². The maximum Gasteiger partial charge on any atom is 0.417 e. The van der Waals surface area contributed by atoms with Crippen LogP contribution in [-0.2, 0) is 17.5 Å². The molecular formula is C34H36ClF3N4O4. The molecule has 1 amide bonds. The van der Waals surface area contributed by atoms with Crippen LogP contribution in [0.4, 0.5) is 23.7 Å². The average Bonchev–Trinajstić information content (AvgIpc) is 2.91. The summed E-state index contributed by atoms with van der Waals surface area (Å²) in [4.78, 5) is 42.0. The minimum Gasteiger partial charge on any atom is -0.444 e. The van der Waals surface area contributed by atoms with Gasteiger partial charge in [0.1, 0.15) is 5.60 Å². The summed E-state index contributed by atoms with van der Waals surface area (Å²) in [5, 5.41) is -0.0557. The first-order chi connectivity index (χ1) is 21.4. The molecule has 46 heavy (non-hydrogen) atoms. The van der Waals surface area contributed by atoms with Crippen molar-refractivity contribution in [2.45, 2.75) is 65.8 Å². The zero-order valence-corrected chi connectivity index (χ0v) is 27.2. The highest BCUT2D eigenvalue weighted by atomic mass is 35.5. The minimum atomic E-state index is -4.72. The number of hydrogen-bond donors (Lipinski definition) is 1. The predicted molar refractivity (Wildman–Crippen MR) is 174 cm³/mol. The molecule has 4 aromatic rings. The Morgan fingerprint density at radius 3 is 2.28 bits per heavy atom. The Bertz CT molecular complexity index is 1970. The lowest BCUT2D eigenvalue weighted by molar-refractivity contribution is -0.137. The van der Waals surface area contributed by atoms with E-state index in [0.29, 0.717) is 24.3 Å². The molecule has 0 spiro atoms. The molecule has 1 aliphatic heterocycles. The number of hydrogen-bond acceptors (Lipinski definition) is 5. The van der Waals surface area contributed by atoms with Crippen LogP contribution in [0.1, 0.15) is 57.2 Å². The minimum absolute atomic E-state index is 0.00608. The zero-order valence-electron chi connectivity index (χ0n) is 26.5. The average molecular weight is 657 g/mol. The van der Waals surface area contributed by atoms with Crippen LogP contribution < -0.4 is 16.9 Å². The summed E-state index contributed by atoms with van der Waals surface area (Å²) in [5.74, 6) is -0.233. The fraction of sp³-hybridized carbons (Fsp3) is 0.382. The van der Waals surface area contributed by atoms with Crippen molar-refractivity contribution in [2.24, 2.45) is 5.92 Å². The molecule has 0 radical (unpaired) electrons. The lowest BCUT2D eigenvalue weighted by atomic mass is 9.96. The summed E-state index contributed by atoms with van der Waals surface area (Å²) in [5.41, 5.74) is 4.93. The van der Waals surface area contributed by atoms with Crippen LogP contribution in [0.5, 0.6) is 0 Å². The van der Waals surface area contributed by atoms with Crippen LogP contribution in [0.15, 0.2) is 58.1 Å². The summed E-state index contributed by atoms with van der Waals surface area (Å²) in [6, 6.07) is 11.6. The predicted octanol–water partition coefficient (Wildman–Crippen LogP) is 7.37. The highest BCUT2D eigenvalue weighted by molar-refractivity contribution is 6.34. The van der Waals surface area contributed by atoms with E-state index in [1.165, 1.54) is 32.2 Å². The van der Waals surface area contributed by atoms with Crippen LogP contribution in [0.25, 0.3) is 27.8 Å². The number of aromatic nitrogens is 2. The topological polar surface area (TPSA) is 99.6 Å². The van der Waals surface area contributed by atoms with E-state index in [-0.39, 0.29) is 51.3 Å². The number of anilines is 1. The molecule has 0 unspecified atom stereocenters. The number of rotatable bonds is 5. The van der Waals surface area contributed by atoms with E-state index >= 15 is 0 Å². The van der Waals surface area contributed by atoms with Gasteiger partial charge in [0.15, 0.2) is 0 Å². The van der Waals surface area contributed by atoms with E-state index in [9.17, 15) is 27.6 Å². The number of benzene rings is 3. The monoisotopic (exact) mass is 656 g/mol. The summed E-state index contributed by atoms with van der Waals surface area (Å²) < 4.78 is 50.6. The molecule has 1 aromatic heterocycles. The van der Waals surface area contributed by atoms with Crippen LogP contribution in [-0.4, -0.2) is 38.8 Å². The number of amides is 1. The van der Waals surface area contributed by atoms with Gasteiger partial charge < -0.3 is 19.9 Å². The molecule has 8 nitrogen and oxygen atoms in total. The van der Waals surface area contributed by atoms with Gasteiger partial charge in [-0.2, -0.15) is 13.2 Å². The summed E-state index contributed by atoms with van der Waals surface area (Å²) in [6.45, 7) is 11.7. The number of ether oxygens (including phenoxy) is 1. The molecule has 1 saturated heterocycles. The molecule has 12 heteroatoms. The van der Waals surface area contributed by atoms with Gasteiger partial charge in [-0.15, -0.1) is 0 Å². The number of aryl methyl sites for hydroxylation is 1. The first-order valence-corrected chi connectivity index (χ1v) is 15.3. The zero-order chi connectivity index (χ0) is 33.9. The van der Waals surface area contributed by atoms with Gasteiger partial charge >= 0.3 is 23.4 Å². The maximum atomic E-state index is 14.2. The Hall–Kier alpha value is -4.25. The number of para-hydroxylation sites is 1. The molecule has 2 heterocycles. The number of nitrogens with zero attached hydrogens (tertiary/aromatic N) is 3. The number of carbonyl (C=O) groups is 1. The highest BCUT2D eigenvalue weighted by Crippen LogP contribution is 2.42. The summed E-state index contributed by atoms with van der Waals surface area (Å²) in [7, 11) is 0. The van der Waals surface area contributed by atoms with E-state index in [0.717, 1.165) is 17.7 Å². The van der Waals surface area contributed by atoms with Gasteiger partial charge in [-0.1, -0.05) is 43.6 Å². The molecular weight excluding hydrogens is 621 g/mol. The fourth-order valence-electron chi connectivity index (χ4n) is 5.89. The maximum absolute atomic E-state index is 14.2. The second-order valence-corrected chi connectivity index (χ2v) is 13.5. The number of likely N-dealkylation sites (tertiary alicyclic amines) is 1. The second-order valence-electron chi connectivity index (χ2n) is 13.1. The summed E-state index contributed by atoms with van der Waals surface area (Å²) in [6.07, 6.45) is -5.20. The van der Waals surface area contributed by atoms with Gasteiger partial charge in [-0.25, -0.2) is 4.79 Å². The van der Waals surface area contributed by atoms with Crippen molar-refractivity contribution in [3.05, 3.63) is 91.0 Å². The number of alkyl halides is 3.